The summed E-state index contributed by atoms with van der Waals surface area (Å²) in [6.07, 6.45) is 8.02. The van der Waals surface area contributed by atoms with Crippen LogP contribution in [0.3, 0.4) is 0 Å². The molecule has 0 atom stereocenters. The lowest BCUT2D eigenvalue weighted by molar-refractivity contribution is -0.125. The molecule has 2 aliphatic rings. The van der Waals surface area contributed by atoms with E-state index < -0.39 is 5.97 Å². The molecule has 0 radical (unpaired) electrons. The Kier molecular flexibility index (Phi) is 6.52. The van der Waals surface area contributed by atoms with E-state index in [0.29, 0.717) is 16.5 Å². The van der Waals surface area contributed by atoms with Crippen molar-refractivity contribution in [2.24, 2.45) is 5.92 Å². The zero-order valence-electron chi connectivity index (χ0n) is 16.1. The monoisotopic (exact) mass is 392 g/mol. The van der Waals surface area contributed by atoms with Crippen LogP contribution in [-0.4, -0.2) is 30.4 Å². The number of amides is 2. The number of carbonyl (C=O) groups excluding carboxylic acids is 3. The molecule has 0 aromatic carbocycles. The SMILES string of the molecule is CC(=O)Nc1sc2c(c1C(=O)OCC(=O)NC1CCC(C)CC1)CCCC2. The summed E-state index contributed by atoms with van der Waals surface area (Å²) in [7, 11) is 0. The van der Waals surface area contributed by atoms with Gasteiger partial charge in [-0.2, -0.15) is 0 Å². The van der Waals surface area contributed by atoms with Crippen LogP contribution < -0.4 is 10.6 Å². The van der Waals surface area contributed by atoms with Gasteiger partial charge in [-0.1, -0.05) is 6.92 Å². The number of fused-ring (bicyclic) bond motifs is 1. The number of thiophene rings is 1. The Morgan fingerprint density at radius 1 is 1.11 bits per heavy atom. The number of anilines is 1. The Hall–Kier alpha value is -1.89. The van der Waals surface area contributed by atoms with Gasteiger partial charge in [0.05, 0.1) is 5.56 Å². The molecule has 1 aromatic rings. The number of hydrogen-bond donors (Lipinski definition) is 2. The Morgan fingerprint density at radius 2 is 1.81 bits per heavy atom. The van der Waals surface area contributed by atoms with Crippen LogP contribution >= 0.6 is 11.3 Å². The summed E-state index contributed by atoms with van der Waals surface area (Å²) in [4.78, 5) is 37.5. The van der Waals surface area contributed by atoms with E-state index in [1.165, 1.54) is 18.3 Å². The Labute approximate surface area is 164 Å². The average molecular weight is 393 g/mol. The zero-order valence-corrected chi connectivity index (χ0v) is 16.9. The van der Waals surface area contributed by atoms with Crippen molar-refractivity contribution in [3.05, 3.63) is 16.0 Å². The largest absolute Gasteiger partial charge is 0.452 e. The highest BCUT2D eigenvalue weighted by atomic mass is 32.1. The smallest absolute Gasteiger partial charge is 0.341 e. The first-order valence-electron chi connectivity index (χ1n) is 9.82. The maximum atomic E-state index is 12.7. The molecule has 7 heteroatoms. The predicted molar refractivity (Wildman–Crippen MR) is 105 cm³/mol. The highest BCUT2D eigenvalue weighted by Gasteiger charge is 2.27. The molecule has 0 unspecified atom stereocenters. The quantitative estimate of drug-likeness (QED) is 0.752. The van der Waals surface area contributed by atoms with Gasteiger partial charge >= 0.3 is 5.97 Å². The molecule has 0 saturated heterocycles. The van der Waals surface area contributed by atoms with Crippen LogP contribution in [-0.2, 0) is 27.2 Å². The van der Waals surface area contributed by atoms with Crippen molar-refractivity contribution in [3.8, 4) is 0 Å². The number of esters is 1. The molecule has 6 nitrogen and oxygen atoms in total. The van der Waals surface area contributed by atoms with Gasteiger partial charge in [0, 0.05) is 17.8 Å². The van der Waals surface area contributed by atoms with E-state index in [0.717, 1.165) is 61.8 Å². The molecule has 2 amide bonds. The van der Waals surface area contributed by atoms with Gasteiger partial charge < -0.3 is 15.4 Å². The fraction of sp³-hybridized carbons (Fsp3) is 0.650. The molecule has 1 aromatic heterocycles. The number of carbonyl (C=O) groups is 3. The molecule has 27 heavy (non-hydrogen) atoms. The average Bonchev–Trinajstić information content (AvgIpc) is 2.98. The van der Waals surface area contributed by atoms with E-state index in [4.69, 9.17) is 4.74 Å². The molecule has 1 fully saturated rings. The van der Waals surface area contributed by atoms with Gasteiger partial charge in [0.1, 0.15) is 5.00 Å². The number of ether oxygens (including phenoxy) is 1. The molecule has 2 N–H and O–H groups in total. The van der Waals surface area contributed by atoms with Crippen LogP contribution in [0.25, 0.3) is 0 Å². The number of aryl methyl sites for hydroxylation is 1. The van der Waals surface area contributed by atoms with Crippen molar-refractivity contribution in [2.75, 3.05) is 11.9 Å². The van der Waals surface area contributed by atoms with E-state index in [1.54, 1.807) is 0 Å². The lowest BCUT2D eigenvalue weighted by atomic mass is 9.87. The second kappa shape index (κ2) is 8.87. The van der Waals surface area contributed by atoms with Crippen LogP contribution in [0.4, 0.5) is 5.00 Å². The van der Waals surface area contributed by atoms with Crippen molar-refractivity contribution in [2.45, 2.75) is 71.3 Å². The fourth-order valence-corrected chi connectivity index (χ4v) is 5.23. The Morgan fingerprint density at radius 3 is 2.52 bits per heavy atom. The number of hydrogen-bond acceptors (Lipinski definition) is 5. The van der Waals surface area contributed by atoms with E-state index in [2.05, 4.69) is 17.6 Å². The maximum Gasteiger partial charge on any atom is 0.341 e. The van der Waals surface area contributed by atoms with E-state index in [9.17, 15) is 14.4 Å². The molecular formula is C20H28N2O4S. The lowest BCUT2D eigenvalue weighted by Crippen LogP contribution is -2.39. The zero-order chi connectivity index (χ0) is 19.4. The Balaban J connectivity index is 1.61. The van der Waals surface area contributed by atoms with Crippen molar-refractivity contribution in [1.82, 2.24) is 5.32 Å². The van der Waals surface area contributed by atoms with Crippen molar-refractivity contribution >= 4 is 34.1 Å². The molecule has 1 saturated carbocycles. The Bertz CT molecular complexity index is 720. The maximum absolute atomic E-state index is 12.7. The van der Waals surface area contributed by atoms with Crippen LogP contribution in [0.2, 0.25) is 0 Å². The van der Waals surface area contributed by atoms with Gasteiger partial charge in [0.25, 0.3) is 5.91 Å². The van der Waals surface area contributed by atoms with Crippen LogP contribution in [0.15, 0.2) is 0 Å². The van der Waals surface area contributed by atoms with Gasteiger partial charge in [-0.3, -0.25) is 9.59 Å². The first kappa shape index (κ1) is 19.9. The van der Waals surface area contributed by atoms with Crippen molar-refractivity contribution in [1.29, 1.82) is 0 Å². The second-order valence-electron chi connectivity index (χ2n) is 7.70. The molecule has 0 spiro atoms. The highest BCUT2D eigenvalue weighted by Crippen LogP contribution is 2.38. The topological polar surface area (TPSA) is 84.5 Å². The second-order valence-corrected chi connectivity index (χ2v) is 8.80. The standard InChI is InChI=1S/C20H28N2O4S/c1-12-7-9-14(10-8-12)22-17(24)11-26-20(25)18-15-5-3-4-6-16(15)27-19(18)21-13(2)23/h12,14H,3-11H2,1-2H3,(H,21,23)(H,22,24). The van der Waals surface area contributed by atoms with Crippen molar-refractivity contribution < 1.29 is 19.1 Å². The molecule has 1 heterocycles. The summed E-state index contributed by atoms with van der Waals surface area (Å²) in [5.74, 6) is -0.279. The molecular weight excluding hydrogens is 364 g/mol. The minimum atomic E-state index is -0.523. The lowest BCUT2D eigenvalue weighted by Gasteiger charge is -2.26. The molecule has 148 valence electrons. The van der Waals surface area contributed by atoms with Gasteiger partial charge in [0.15, 0.2) is 6.61 Å². The number of nitrogens with one attached hydrogen (secondary N) is 2. The molecule has 0 aliphatic heterocycles. The van der Waals surface area contributed by atoms with E-state index >= 15 is 0 Å². The summed E-state index contributed by atoms with van der Waals surface area (Å²) in [5, 5.41) is 6.26. The van der Waals surface area contributed by atoms with Crippen LogP contribution in [0, 0.1) is 5.92 Å². The molecule has 0 bridgehead atoms. The van der Waals surface area contributed by atoms with Gasteiger partial charge in [-0.15, -0.1) is 11.3 Å². The first-order valence-corrected chi connectivity index (χ1v) is 10.6. The fourth-order valence-electron chi connectivity index (χ4n) is 3.91. The number of rotatable bonds is 5. The molecule has 2 aliphatic carbocycles. The highest BCUT2D eigenvalue weighted by molar-refractivity contribution is 7.17. The minimum absolute atomic E-state index is 0.177. The van der Waals surface area contributed by atoms with Gasteiger partial charge in [-0.05, 0) is 62.8 Å². The minimum Gasteiger partial charge on any atom is -0.452 e. The summed E-state index contributed by atoms with van der Waals surface area (Å²) in [5.41, 5.74) is 1.41. The first-order chi connectivity index (χ1) is 12.9. The summed E-state index contributed by atoms with van der Waals surface area (Å²) >= 11 is 1.45. The van der Waals surface area contributed by atoms with Crippen LogP contribution in [0.5, 0.6) is 0 Å². The third-order valence-electron chi connectivity index (χ3n) is 5.38. The van der Waals surface area contributed by atoms with Gasteiger partial charge in [0.2, 0.25) is 5.91 Å². The van der Waals surface area contributed by atoms with Gasteiger partial charge in [-0.25, -0.2) is 4.79 Å². The van der Waals surface area contributed by atoms with Crippen LogP contribution in [0.1, 0.15) is 73.2 Å². The predicted octanol–water partition coefficient (Wildman–Crippen LogP) is 3.44. The third-order valence-corrected chi connectivity index (χ3v) is 6.59. The molecule has 3 rings (SSSR count). The summed E-state index contributed by atoms with van der Waals surface area (Å²) < 4.78 is 5.30. The summed E-state index contributed by atoms with van der Waals surface area (Å²) in [6, 6.07) is 0.177. The summed E-state index contributed by atoms with van der Waals surface area (Å²) in [6.45, 7) is 3.37. The van der Waals surface area contributed by atoms with E-state index in [-0.39, 0.29) is 24.5 Å². The third kappa shape index (κ3) is 5.09. The van der Waals surface area contributed by atoms with Crippen molar-refractivity contribution in [3.63, 3.8) is 0 Å². The van der Waals surface area contributed by atoms with E-state index in [1.807, 2.05) is 0 Å². The normalized spacial score (nSPS) is 21.9.